The van der Waals surface area contributed by atoms with Crippen LogP contribution in [0.5, 0.6) is 0 Å². The molecule has 0 spiro atoms. The van der Waals surface area contributed by atoms with Crippen molar-refractivity contribution in [2.75, 3.05) is 6.26 Å². The van der Waals surface area contributed by atoms with Gasteiger partial charge in [-0.1, -0.05) is 36.0 Å². The predicted octanol–water partition coefficient (Wildman–Crippen LogP) is 6.28. The zero-order valence-electron chi connectivity index (χ0n) is 17.4. The molecule has 0 unspecified atom stereocenters. The minimum atomic E-state index is -0.522. The Labute approximate surface area is 188 Å². The Morgan fingerprint density at radius 3 is 2.53 bits per heavy atom. The first-order valence-corrected chi connectivity index (χ1v) is 11.8. The Morgan fingerprint density at radius 2 is 1.97 bits per heavy atom. The van der Waals surface area contributed by atoms with Crippen molar-refractivity contribution < 1.29 is 13.9 Å². The minimum absolute atomic E-state index is 0.370. The molecule has 2 aromatic heterocycles. The number of benzene rings is 1. The third kappa shape index (κ3) is 4.07. The molecule has 1 aliphatic carbocycles. The Hall–Kier alpha value is -2.06. The van der Waals surface area contributed by atoms with E-state index in [1.165, 1.54) is 11.8 Å². The predicted molar refractivity (Wildman–Crippen MR) is 122 cm³/mol. The molecule has 1 N–H and O–H groups in total. The molecule has 3 aromatic rings. The highest BCUT2D eigenvalue weighted by Gasteiger charge is 2.41. The van der Waals surface area contributed by atoms with E-state index in [0.717, 1.165) is 40.2 Å². The third-order valence-electron chi connectivity index (χ3n) is 5.20. The van der Waals surface area contributed by atoms with Gasteiger partial charge in [-0.25, -0.2) is 9.78 Å². The molecule has 8 heteroatoms. The lowest BCUT2D eigenvalue weighted by atomic mass is 9.72. The van der Waals surface area contributed by atoms with Crippen molar-refractivity contribution in [3.63, 3.8) is 0 Å². The van der Waals surface area contributed by atoms with E-state index < -0.39 is 5.60 Å². The summed E-state index contributed by atoms with van der Waals surface area (Å²) < 4.78 is 12.3. The highest BCUT2D eigenvalue weighted by Crippen LogP contribution is 2.43. The summed E-state index contributed by atoms with van der Waals surface area (Å²) in [5.74, 6) is 0.715. The van der Waals surface area contributed by atoms with Crippen LogP contribution in [0.1, 0.15) is 45.6 Å². The summed E-state index contributed by atoms with van der Waals surface area (Å²) in [6, 6.07) is 8.12. The summed E-state index contributed by atoms with van der Waals surface area (Å²) in [6.07, 6.45) is 6.19. The molecule has 1 fully saturated rings. The second kappa shape index (κ2) is 7.89. The largest absolute Gasteiger partial charge is 0.444 e. The van der Waals surface area contributed by atoms with Gasteiger partial charge in [-0.2, -0.15) is 4.98 Å². The monoisotopic (exact) mass is 489 g/mol. The van der Waals surface area contributed by atoms with Gasteiger partial charge in [-0.3, -0.25) is 0 Å². The van der Waals surface area contributed by atoms with Gasteiger partial charge in [0.2, 0.25) is 5.71 Å². The number of amides is 1. The number of aromatic nitrogens is 2. The van der Waals surface area contributed by atoms with E-state index in [9.17, 15) is 4.79 Å². The van der Waals surface area contributed by atoms with Gasteiger partial charge >= 0.3 is 6.09 Å². The van der Waals surface area contributed by atoms with E-state index in [4.69, 9.17) is 9.15 Å². The number of nitrogens with zero attached hydrogens (tertiary/aromatic N) is 2. The Bertz CT molecular complexity index is 1090. The molecule has 0 atom stereocenters. The molecular formula is C22H24BrN3O3S. The number of hydrogen-bond donors (Lipinski definition) is 1. The first-order chi connectivity index (χ1) is 14.2. The molecule has 0 aliphatic heterocycles. The number of alkyl carbamates (subject to hydrolysis) is 1. The van der Waals surface area contributed by atoms with Crippen molar-refractivity contribution in [2.45, 2.75) is 56.3 Å². The standard InChI is InChI=1S/C22H24BrN3O3S/c1-21(2,3)29-20(27)26-22(10-5-11-22)14-8-6-13(7-9-14)17-16(23)15-12-24-19(30-4)25-18(15)28-17/h6-9,12H,5,10-11H2,1-4H3,(H,26,27). The van der Waals surface area contributed by atoms with Crippen molar-refractivity contribution in [1.82, 2.24) is 15.3 Å². The molecule has 1 aromatic carbocycles. The lowest BCUT2D eigenvalue weighted by Gasteiger charge is -2.43. The average molecular weight is 490 g/mol. The summed E-state index contributed by atoms with van der Waals surface area (Å²) in [4.78, 5) is 21.1. The molecule has 0 saturated heterocycles. The van der Waals surface area contributed by atoms with E-state index >= 15 is 0 Å². The van der Waals surface area contributed by atoms with Gasteiger partial charge < -0.3 is 14.5 Å². The first-order valence-electron chi connectivity index (χ1n) is 9.82. The average Bonchev–Trinajstić information content (AvgIpc) is 2.99. The SMILES string of the molecule is CSc1ncc2c(Br)c(-c3ccc(C4(NC(=O)OC(C)(C)C)CCC4)cc3)oc2n1. The second-order valence-corrected chi connectivity index (χ2v) is 10.0. The van der Waals surface area contributed by atoms with E-state index in [1.807, 2.05) is 51.3 Å². The fourth-order valence-electron chi connectivity index (χ4n) is 3.58. The van der Waals surface area contributed by atoms with Crippen LogP contribution >= 0.6 is 27.7 Å². The van der Waals surface area contributed by atoms with Crippen LogP contribution < -0.4 is 5.32 Å². The zero-order valence-corrected chi connectivity index (χ0v) is 19.8. The normalized spacial score (nSPS) is 15.6. The van der Waals surface area contributed by atoms with Crippen molar-refractivity contribution >= 4 is 44.9 Å². The number of carbonyl (C=O) groups excluding carboxylic acids is 1. The van der Waals surface area contributed by atoms with Gasteiger partial charge in [0.25, 0.3) is 0 Å². The summed E-state index contributed by atoms with van der Waals surface area (Å²) in [5.41, 5.74) is 1.67. The van der Waals surface area contributed by atoms with Gasteiger partial charge in [0.05, 0.1) is 15.4 Å². The molecule has 1 amide bonds. The molecule has 2 heterocycles. The number of thioether (sulfide) groups is 1. The maximum absolute atomic E-state index is 12.4. The van der Waals surface area contributed by atoms with Crippen LogP contribution in [-0.4, -0.2) is 27.9 Å². The summed E-state index contributed by atoms with van der Waals surface area (Å²) in [5, 5.41) is 4.61. The second-order valence-electron chi connectivity index (χ2n) is 8.46. The highest BCUT2D eigenvalue weighted by molar-refractivity contribution is 9.10. The molecule has 0 radical (unpaired) electrons. The van der Waals surface area contributed by atoms with Gasteiger partial charge in [0.15, 0.2) is 10.9 Å². The quantitative estimate of drug-likeness (QED) is 0.343. The van der Waals surface area contributed by atoms with E-state index in [-0.39, 0.29) is 11.6 Å². The number of rotatable bonds is 4. The van der Waals surface area contributed by atoms with Crippen molar-refractivity contribution in [3.8, 4) is 11.3 Å². The van der Waals surface area contributed by atoms with Gasteiger partial charge in [-0.05, 0) is 67.8 Å². The summed E-state index contributed by atoms with van der Waals surface area (Å²) in [7, 11) is 0. The van der Waals surface area contributed by atoms with Crippen LogP contribution in [-0.2, 0) is 10.3 Å². The molecule has 4 rings (SSSR count). The maximum atomic E-state index is 12.4. The molecule has 6 nitrogen and oxygen atoms in total. The van der Waals surface area contributed by atoms with Gasteiger partial charge in [0, 0.05) is 11.8 Å². The van der Waals surface area contributed by atoms with Crippen LogP contribution in [0.3, 0.4) is 0 Å². The Balaban J connectivity index is 1.60. The fraction of sp³-hybridized carbons (Fsp3) is 0.409. The Kier molecular flexibility index (Phi) is 5.57. The fourth-order valence-corrected chi connectivity index (χ4v) is 4.50. The number of hydrogen-bond acceptors (Lipinski definition) is 6. The number of fused-ring (bicyclic) bond motifs is 1. The van der Waals surface area contributed by atoms with Crippen LogP contribution in [0.25, 0.3) is 22.4 Å². The molecule has 158 valence electrons. The first kappa shape index (κ1) is 21.2. The van der Waals surface area contributed by atoms with E-state index in [0.29, 0.717) is 16.6 Å². The smallest absolute Gasteiger partial charge is 0.408 e. The topological polar surface area (TPSA) is 77.2 Å². The molecule has 1 saturated carbocycles. The minimum Gasteiger partial charge on any atom is -0.444 e. The van der Waals surface area contributed by atoms with Crippen LogP contribution in [0.4, 0.5) is 4.79 Å². The number of carbonyl (C=O) groups is 1. The van der Waals surface area contributed by atoms with Crippen molar-refractivity contribution in [3.05, 3.63) is 40.5 Å². The van der Waals surface area contributed by atoms with Crippen molar-refractivity contribution in [2.24, 2.45) is 0 Å². The van der Waals surface area contributed by atoms with Gasteiger partial charge in [0.1, 0.15) is 5.60 Å². The number of nitrogens with one attached hydrogen (secondary N) is 1. The Morgan fingerprint density at radius 1 is 1.27 bits per heavy atom. The van der Waals surface area contributed by atoms with Crippen molar-refractivity contribution in [1.29, 1.82) is 0 Å². The lowest BCUT2D eigenvalue weighted by Crippen LogP contribution is -2.52. The lowest BCUT2D eigenvalue weighted by molar-refractivity contribution is 0.0377. The molecule has 1 aliphatic rings. The number of furan rings is 1. The molecule has 30 heavy (non-hydrogen) atoms. The highest BCUT2D eigenvalue weighted by atomic mass is 79.9. The van der Waals surface area contributed by atoms with E-state index in [1.54, 1.807) is 6.20 Å². The molecule has 0 bridgehead atoms. The molecular weight excluding hydrogens is 466 g/mol. The third-order valence-corrected chi connectivity index (χ3v) is 6.54. The van der Waals surface area contributed by atoms with E-state index in [2.05, 4.69) is 31.2 Å². The van der Waals surface area contributed by atoms with Crippen LogP contribution in [0.15, 0.2) is 44.5 Å². The van der Waals surface area contributed by atoms with Gasteiger partial charge in [-0.15, -0.1) is 0 Å². The van der Waals surface area contributed by atoms with Crippen LogP contribution in [0.2, 0.25) is 0 Å². The summed E-state index contributed by atoms with van der Waals surface area (Å²) in [6.45, 7) is 5.60. The number of halogens is 1. The van der Waals surface area contributed by atoms with Crippen LogP contribution in [0, 0.1) is 0 Å². The zero-order chi connectivity index (χ0) is 21.5. The number of ether oxygens (including phenoxy) is 1. The maximum Gasteiger partial charge on any atom is 0.408 e. The summed E-state index contributed by atoms with van der Waals surface area (Å²) >= 11 is 5.10.